The van der Waals surface area contributed by atoms with Gasteiger partial charge in [-0.25, -0.2) is 0 Å². The average Bonchev–Trinajstić information content (AvgIpc) is 2.77. The van der Waals surface area contributed by atoms with E-state index in [0.29, 0.717) is 17.6 Å². The lowest BCUT2D eigenvalue weighted by Gasteiger charge is -2.59. The minimum Gasteiger partial charge on any atom is -0.393 e. The summed E-state index contributed by atoms with van der Waals surface area (Å²) in [6.45, 7) is 7.08. The van der Waals surface area contributed by atoms with Crippen LogP contribution in [0.2, 0.25) is 0 Å². The van der Waals surface area contributed by atoms with E-state index in [1.807, 2.05) is 6.08 Å². The molecule has 3 fully saturated rings. The number of aliphatic hydroxyl groups is 1. The molecule has 22 heavy (non-hydrogen) atoms. The third-order valence-electron chi connectivity index (χ3n) is 8.46. The first kappa shape index (κ1) is 14.9. The van der Waals surface area contributed by atoms with Gasteiger partial charge in [0, 0.05) is 6.42 Å². The molecule has 0 heterocycles. The highest BCUT2D eigenvalue weighted by Crippen LogP contribution is 2.66. The van der Waals surface area contributed by atoms with Crippen molar-refractivity contribution in [3.8, 4) is 0 Å². The normalized spacial score (nSPS) is 54.3. The van der Waals surface area contributed by atoms with Gasteiger partial charge in [0.05, 0.1) is 6.10 Å². The van der Waals surface area contributed by atoms with Crippen molar-refractivity contribution < 1.29 is 9.90 Å². The SMILES string of the molecule is C[C@H]1CC(=O)C=C2CCC3C4CC[C@H](O)[C@@]4(C)CCC3[C@]21C. The fraction of sp³-hybridized carbons (Fsp3) is 0.850. The van der Waals surface area contributed by atoms with Crippen LogP contribution in [0, 0.1) is 34.5 Å². The molecule has 0 amide bonds. The summed E-state index contributed by atoms with van der Waals surface area (Å²) in [5, 5.41) is 10.5. The van der Waals surface area contributed by atoms with Crippen molar-refractivity contribution in [2.24, 2.45) is 34.5 Å². The summed E-state index contributed by atoms with van der Waals surface area (Å²) in [6, 6.07) is 0. The molecule has 4 rings (SSSR count). The summed E-state index contributed by atoms with van der Waals surface area (Å²) in [4.78, 5) is 12.0. The van der Waals surface area contributed by atoms with Gasteiger partial charge in [0.2, 0.25) is 0 Å². The zero-order valence-electron chi connectivity index (χ0n) is 14.3. The van der Waals surface area contributed by atoms with Gasteiger partial charge in [0.1, 0.15) is 0 Å². The number of aliphatic hydroxyl groups excluding tert-OH is 1. The topological polar surface area (TPSA) is 37.3 Å². The smallest absolute Gasteiger partial charge is 0.155 e. The van der Waals surface area contributed by atoms with E-state index in [-0.39, 0.29) is 16.9 Å². The predicted molar refractivity (Wildman–Crippen MR) is 87.3 cm³/mol. The number of hydrogen-bond acceptors (Lipinski definition) is 2. The molecule has 0 aromatic carbocycles. The van der Waals surface area contributed by atoms with Crippen LogP contribution in [0.25, 0.3) is 0 Å². The van der Waals surface area contributed by atoms with E-state index < -0.39 is 0 Å². The van der Waals surface area contributed by atoms with Crippen LogP contribution in [0.15, 0.2) is 11.6 Å². The zero-order valence-corrected chi connectivity index (χ0v) is 14.3. The summed E-state index contributed by atoms with van der Waals surface area (Å²) in [5.41, 5.74) is 1.83. The Labute approximate surface area is 134 Å². The summed E-state index contributed by atoms with van der Waals surface area (Å²) >= 11 is 0. The van der Waals surface area contributed by atoms with Crippen LogP contribution >= 0.6 is 0 Å². The zero-order chi connectivity index (χ0) is 15.7. The lowest BCUT2D eigenvalue weighted by Crippen LogP contribution is -2.53. The summed E-state index contributed by atoms with van der Waals surface area (Å²) in [5.74, 6) is 3.00. The van der Waals surface area contributed by atoms with E-state index in [0.717, 1.165) is 31.1 Å². The number of carbonyl (C=O) groups excluding carboxylic acids is 1. The molecule has 2 nitrogen and oxygen atoms in total. The highest BCUT2D eigenvalue weighted by atomic mass is 16.3. The van der Waals surface area contributed by atoms with E-state index >= 15 is 0 Å². The first-order chi connectivity index (χ1) is 10.4. The second-order valence-corrected chi connectivity index (χ2v) is 9.08. The lowest BCUT2D eigenvalue weighted by molar-refractivity contribution is -0.121. The molecule has 0 aliphatic heterocycles. The molecule has 1 N–H and O–H groups in total. The quantitative estimate of drug-likeness (QED) is 0.730. The summed E-state index contributed by atoms with van der Waals surface area (Å²) in [7, 11) is 0. The molecule has 3 saturated carbocycles. The highest BCUT2D eigenvalue weighted by molar-refractivity contribution is 5.92. The Morgan fingerprint density at radius 2 is 1.91 bits per heavy atom. The maximum Gasteiger partial charge on any atom is 0.155 e. The van der Waals surface area contributed by atoms with Crippen LogP contribution in [0.4, 0.5) is 0 Å². The third kappa shape index (κ3) is 1.74. The molecular formula is C20H30O2. The van der Waals surface area contributed by atoms with Crippen molar-refractivity contribution in [1.82, 2.24) is 0 Å². The standard InChI is InChI=1S/C20H30O2/c1-12-10-14(21)11-13-4-5-15-16-6-7-18(22)19(16,2)9-8-17(15)20(12,13)3/h11-12,15-18,22H,4-10H2,1-3H3/t12-,15?,16?,17?,18-,19-,20-/m0/s1. The van der Waals surface area contributed by atoms with Crippen molar-refractivity contribution in [3.05, 3.63) is 11.6 Å². The van der Waals surface area contributed by atoms with Crippen LogP contribution in [0.1, 0.15) is 65.7 Å². The fourth-order valence-electron chi connectivity index (χ4n) is 6.91. The Kier molecular flexibility index (Phi) is 3.18. The predicted octanol–water partition coefficient (Wildman–Crippen LogP) is 4.13. The molecule has 0 saturated heterocycles. The number of allylic oxidation sites excluding steroid dienone is 1. The molecule has 0 radical (unpaired) electrons. The number of fused-ring (bicyclic) bond motifs is 5. The lowest BCUT2D eigenvalue weighted by atomic mass is 9.45. The monoisotopic (exact) mass is 302 g/mol. The van der Waals surface area contributed by atoms with Gasteiger partial charge in [-0.05, 0) is 79.1 Å². The van der Waals surface area contributed by atoms with Gasteiger partial charge in [-0.3, -0.25) is 4.79 Å². The Hall–Kier alpha value is -0.630. The largest absolute Gasteiger partial charge is 0.393 e. The first-order valence-corrected chi connectivity index (χ1v) is 9.29. The van der Waals surface area contributed by atoms with Crippen molar-refractivity contribution in [3.63, 3.8) is 0 Å². The van der Waals surface area contributed by atoms with Crippen molar-refractivity contribution >= 4 is 5.78 Å². The van der Waals surface area contributed by atoms with Gasteiger partial charge in [-0.1, -0.05) is 26.3 Å². The fourth-order valence-corrected chi connectivity index (χ4v) is 6.91. The first-order valence-electron chi connectivity index (χ1n) is 9.29. The minimum atomic E-state index is -0.0893. The molecule has 7 atom stereocenters. The maximum absolute atomic E-state index is 12.0. The molecule has 0 aromatic heterocycles. The highest BCUT2D eigenvalue weighted by Gasteiger charge is 2.59. The number of hydrogen-bond donors (Lipinski definition) is 1. The van der Waals surface area contributed by atoms with Crippen LogP contribution in [0.3, 0.4) is 0 Å². The van der Waals surface area contributed by atoms with E-state index in [4.69, 9.17) is 0 Å². The second-order valence-electron chi connectivity index (χ2n) is 9.08. The number of rotatable bonds is 0. The Morgan fingerprint density at radius 1 is 1.14 bits per heavy atom. The summed E-state index contributed by atoms with van der Waals surface area (Å²) in [6.07, 6.45) is 9.59. The average molecular weight is 302 g/mol. The van der Waals surface area contributed by atoms with Crippen molar-refractivity contribution in [2.75, 3.05) is 0 Å². The van der Waals surface area contributed by atoms with E-state index in [2.05, 4.69) is 20.8 Å². The molecule has 0 bridgehead atoms. The summed E-state index contributed by atoms with van der Waals surface area (Å²) < 4.78 is 0. The van der Waals surface area contributed by atoms with Gasteiger partial charge in [0.15, 0.2) is 5.78 Å². The molecule has 4 aliphatic rings. The second kappa shape index (κ2) is 4.69. The molecular weight excluding hydrogens is 272 g/mol. The molecule has 122 valence electrons. The van der Waals surface area contributed by atoms with Crippen LogP contribution < -0.4 is 0 Å². The Balaban J connectivity index is 1.72. The molecule has 0 aromatic rings. The van der Waals surface area contributed by atoms with Crippen LogP contribution in [0.5, 0.6) is 0 Å². The minimum absolute atomic E-state index is 0.0893. The van der Waals surface area contributed by atoms with E-state index in [9.17, 15) is 9.90 Å². The van der Waals surface area contributed by atoms with Crippen molar-refractivity contribution in [2.45, 2.75) is 71.8 Å². The van der Waals surface area contributed by atoms with Gasteiger partial charge < -0.3 is 5.11 Å². The van der Waals surface area contributed by atoms with Gasteiger partial charge in [-0.2, -0.15) is 0 Å². The molecule has 4 aliphatic carbocycles. The maximum atomic E-state index is 12.0. The van der Waals surface area contributed by atoms with Crippen LogP contribution in [-0.4, -0.2) is 17.0 Å². The molecule has 3 unspecified atom stereocenters. The van der Waals surface area contributed by atoms with Crippen LogP contribution in [-0.2, 0) is 4.79 Å². The Morgan fingerprint density at radius 3 is 2.68 bits per heavy atom. The molecule has 0 spiro atoms. The van der Waals surface area contributed by atoms with Gasteiger partial charge in [-0.15, -0.1) is 0 Å². The number of carbonyl (C=O) groups is 1. The van der Waals surface area contributed by atoms with Gasteiger partial charge in [0.25, 0.3) is 0 Å². The Bertz CT molecular complexity index is 536. The van der Waals surface area contributed by atoms with E-state index in [1.165, 1.54) is 31.3 Å². The van der Waals surface area contributed by atoms with Gasteiger partial charge >= 0.3 is 0 Å². The molecule has 2 heteroatoms. The third-order valence-corrected chi connectivity index (χ3v) is 8.46. The number of ketones is 1. The van der Waals surface area contributed by atoms with E-state index in [1.54, 1.807) is 0 Å². The van der Waals surface area contributed by atoms with Crippen molar-refractivity contribution in [1.29, 1.82) is 0 Å².